The summed E-state index contributed by atoms with van der Waals surface area (Å²) in [6, 6.07) is 18.1. The molecule has 8 nitrogen and oxygen atoms in total. The van der Waals surface area contributed by atoms with Gasteiger partial charge in [-0.15, -0.1) is 0 Å². The van der Waals surface area contributed by atoms with E-state index in [4.69, 9.17) is 14.2 Å². The fraction of sp³-hybridized carbons (Fsp3) is 0.267. The number of ketones is 1. The molecular formula is C30H26N2O6. The molecule has 3 aromatic rings. The van der Waals surface area contributed by atoms with Gasteiger partial charge in [-0.25, -0.2) is 0 Å². The van der Waals surface area contributed by atoms with E-state index in [2.05, 4.69) is 0 Å². The number of para-hydroxylation sites is 2. The molecule has 1 N–H and O–H groups in total. The van der Waals surface area contributed by atoms with E-state index in [1.807, 2.05) is 44.2 Å². The SMILES string of the molecule is Cc1cccc(C)c1N1C(=O)C2(C=CCN2C(O)c2ccc3c(c2)OCO3)C2C(=O)c3ccccc3OC21. The van der Waals surface area contributed by atoms with Crippen LogP contribution in [-0.2, 0) is 4.79 Å². The van der Waals surface area contributed by atoms with Gasteiger partial charge in [0.25, 0.3) is 5.91 Å². The number of aliphatic hydroxyl groups excluding tert-OH is 1. The number of nitrogens with zero attached hydrogens (tertiary/aromatic N) is 2. The summed E-state index contributed by atoms with van der Waals surface area (Å²) in [7, 11) is 0. The van der Waals surface area contributed by atoms with Crippen LogP contribution in [0.4, 0.5) is 5.69 Å². The van der Waals surface area contributed by atoms with Crippen molar-refractivity contribution >= 4 is 17.4 Å². The van der Waals surface area contributed by atoms with Gasteiger partial charge in [0.2, 0.25) is 6.79 Å². The predicted molar refractivity (Wildman–Crippen MR) is 138 cm³/mol. The molecule has 0 radical (unpaired) electrons. The molecule has 4 aliphatic heterocycles. The summed E-state index contributed by atoms with van der Waals surface area (Å²) in [5.41, 5.74) is 2.04. The molecule has 0 aromatic heterocycles. The van der Waals surface area contributed by atoms with Crippen LogP contribution in [0.3, 0.4) is 0 Å². The molecule has 38 heavy (non-hydrogen) atoms. The molecule has 0 saturated carbocycles. The molecule has 1 amide bonds. The lowest BCUT2D eigenvalue weighted by Crippen LogP contribution is -2.57. The highest BCUT2D eigenvalue weighted by molar-refractivity contribution is 6.15. The van der Waals surface area contributed by atoms with Gasteiger partial charge in [-0.1, -0.05) is 48.6 Å². The first-order valence-electron chi connectivity index (χ1n) is 12.6. The first-order valence-corrected chi connectivity index (χ1v) is 12.6. The summed E-state index contributed by atoms with van der Waals surface area (Å²) in [5.74, 6) is 0.186. The minimum Gasteiger partial charge on any atom is -0.468 e. The molecular weight excluding hydrogens is 484 g/mol. The topological polar surface area (TPSA) is 88.5 Å². The van der Waals surface area contributed by atoms with Crippen molar-refractivity contribution in [3.63, 3.8) is 0 Å². The Morgan fingerprint density at radius 1 is 0.947 bits per heavy atom. The third-order valence-electron chi connectivity index (χ3n) is 8.08. The minimum absolute atomic E-state index is 0.113. The maximum atomic E-state index is 14.7. The zero-order valence-corrected chi connectivity index (χ0v) is 21.0. The number of hydrogen-bond acceptors (Lipinski definition) is 7. The van der Waals surface area contributed by atoms with Crippen LogP contribution >= 0.6 is 0 Å². The number of amides is 1. The third-order valence-corrected chi connectivity index (χ3v) is 8.08. The summed E-state index contributed by atoms with van der Waals surface area (Å²) in [6.45, 7) is 4.28. The molecule has 1 saturated heterocycles. The largest absolute Gasteiger partial charge is 0.468 e. The van der Waals surface area contributed by atoms with Crippen molar-refractivity contribution in [3.05, 3.63) is 95.1 Å². The molecule has 4 unspecified atom stereocenters. The van der Waals surface area contributed by atoms with Crippen LogP contribution < -0.4 is 19.1 Å². The van der Waals surface area contributed by atoms with E-state index in [1.165, 1.54) is 0 Å². The number of hydrogen-bond donors (Lipinski definition) is 1. The van der Waals surface area contributed by atoms with Crippen LogP contribution in [0.2, 0.25) is 0 Å². The number of fused-ring (bicyclic) bond motifs is 4. The number of rotatable bonds is 3. The van der Waals surface area contributed by atoms with E-state index >= 15 is 0 Å². The van der Waals surface area contributed by atoms with Crippen LogP contribution in [0.25, 0.3) is 0 Å². The molecule has 4 aliphatic rings. The average Bonchev–Trinajstić information content (AvgIpc) is 3.62. The van der Waals surface area contributed by atoms with Crippen LogP contribution in [0, 0.1) is 19.8 Å². The normalized spacial score (nSPS) is 26.0. The zero-order valence-electron chi connectivity index (χ0n) is 21.0. The van der Waals surface area contributed by atoms with E-state index in [0.29, 0.717) is 28.4 Å². The predicted octanol–water partition coefficient (Wildman–Crippen LogP) is 3.90. The lowest BCUT2D eigenvalue weighted by Gasteiger charge is -2.40. The van der Waals surface area contributed by atoms with Gasteiger partial charge in [0.05, 0.1) is 11.3 Å². The molecule has 0 bridgehead atoms. The van der Waals surface area contributed by atoms with E-state index in [1.54, 1.807) is 52.3 Å². The second-order valence-corrected chi connectivity index (χ2v) is 10.1. The van der Waals surface area contributed by atoms with E-state index in [0.717, 1.165) is 16.8 Å². The Kier molecular flexibility index (Phi) is 4.95. The Labute approximate surface area is 219 Å². The highest BCUT2D eigenvalue weighted by Gasteiger charge is 2.68. The van der Waals surface area contributed by atoms with Crippen molar-refractivity contribution < 1.29 is 28.9 Å². The number of carbonyl (C=O) groups is 2. The maximum absolute atomic E-state index is 14.7. The number of benzene rings is 3. The number of Topliss-reactive ketones (excluding diaryl/α,β-unsaturated/α-hetero) is 1. The average molecular weight is 511 g/mol. The van der Waals surface area contributed by atoms with Crippen molar-refractivity contribution in [1.29, 1.82) is 0 Å². The quantitative estimate of drug-likeness (QED) is 0.535. The standard InChI is InChI=1S/C30H26N2O6/c1-17-7-5-8-18(2)25(17)32-28-24(26(33)20-9-3-4-10-21(20)38-28)30(29(32)35)13-6-14-31(30)27(34)19-11-12-22-23(15-19)37-16-36-22/h3-13,15,24,27-28,34H,14,16H2,1-2H3. The number of aryl methyl sites for hydroxylation is 2. The summed E-state index contributed by atoms with van der Waals surface area (Å²) in [4.78, 5) is 32.2. The second kappa shape index (κ2) is 8.18. The van der Waals surface area contributed by atoms with Gasteiger partial charge in [0.1, 0.15) is 23.4 Å². The molecule has 7 rings (SSSR count). The monoisotopic (exact) mass is 510 g/mol. The highest BCUT2D eigenvalue weighted by Crippen LogP contribution is 2.52. The smallest absolute Gasteiger partial charge is 0.255 e. The van der Waals surface area contributed by atoms with Crippen LogP contribution in [0.15, 0.2) is 72.8 Å². The lowest BCUT2D eigenvalue weighted by atomic mass is 9.78. The molecule has 4 atom stereocenters. The Bertz CT molecular complexity index is 1510. The first kappa shape index (κ1) is 23.0. The molecule has 1 fully saturated rings. The molecule has 0 aliphatic carbocycles. The van der Waals surface area contributed by atoms with Gasteiger partial charge in [-0.05, 0) is 54.8 Å². The molecule has 3 aromatic carbocycles. The first-order chi connectivity index (χ1) is 18.4. The van der Waals surface area contributed by atoms with Gasteiger partial charge in [-0.3, -0.25) is 19.4 Å². The van der Waals surface area contributed by atoms with Gasteiger partial charge >= 0.3 is 0 Å². The number of ether oxygens (including phenoxy) is 3. The summed E-state index contributed by atoms with van der Waals surface area (Å²) in [5, 5.41) is 11.7. The van der Waals surface area contributed by atoms with Crippen molar-refractivity contribution in [1.82, 2.24) is 4.90 Å². The number of aliphatic hydroxyl groups is 1. The molecule has 1 spiro atoms. The maximum Gasteiger partial charge on any atom is 0.255 e. The van der Waals surface area contributed by atoms with Crippen molar-refractivity contribution in [3.8, 4) is 17.2 Å². The molecule has 4 heterocycles. The second-order valence-electron chi connectivity index (χ2n) is 10.1. The zero-order chi connectivity index (χ0) is 26.2. The fourth-order valence-electron chi connectivity index (χ4n) is 6.37. The van der Waals surface area contributed by atoms with E-state index < -0.39 is 23.9 Å². The fourth-order valence-corrected chi connectivity index (χ4v) is 6.37. The Balaban J connectivity index is 1.40. The van der Waals surface area contributed by atoms with Crippen molar-refractivity contribution in [2.75, 3.05) is 18.2 Å². The molecule has 8 heteroatoms. The summed E-state index contributed by atoms with van der Waals surface area (Å²) < 4.78 is 17.4. The van der Waals surface area contributed by atoms with Gasteiger partial charge in [0, 0.05) is 6.54 Å². The lowest BCUT2D eigenvalue weighted by molar-refractivity contribution is -0.132. The molecule has 192 valence electrons. The summed E-state index contributed by atoms with van der Waals surface area (Å²) in [6.07, 6.45) is 1.55. The van der Waals surface area contributed by atoms with E-state index in [9.17, 15) is 14.7 Å². The Morgan fingerprint density at radius 3 is 2.53 bits per heavy atom. The van der Waals surface area contributed by atoms with Gasteiger partial charge < -0.3 is 19.3 Å². The highest BCUT2D eigenvalue weighted by atomic mass is 16.7. The van der Waals surface area contributed by atoms with Crippen LogP contribution in [0.1, 0.15) is 33.3 Å². The Morgan fingerprint density at radius 2 is 1.71 bits per heavy atom. The minimum atomic E-state index is -1.44. The third kappa shape index (κ3) is 2.98. The van der Waals surface area contributed by atoms with Crippen LogP contribution in [0.5, 0.6) is 17.2 Å². The van der Waals surface area contributed by atoms with Crippen molar-refractivity contribution in [2.24, 2.45) is 5.92 Å². The van der Waals surface area contributed by atoms with Gasteiger partial charge in [0.15, 0.2) is 23.5 Å². The summed E-state index contributed by atoms with van der Waals surface area (Å²) >= 11 is 0. The van der Waals surface area contributed by atoms with Crippen LogP contribution in [-0.4, -0.2) is 46.8 Å². The van der Waals surface area contributed by atoms with Crippen molar-refractivity contribution in [2.45, 2.75) is 31.8 Å². The van der Waals surface area contributed by atoms with Gasteiger partial charge in [-0.2, -0.15) is 0 Å². The number of anilines is 1. The number of carbonyl (C=O) groups excluding carboxylic acids is 2. The Hall–Kier alpha value is -4.14. The van der Waals surface area contributed by atoms with E-state index in [-0.39, 0.29) is 25.0 Å².